The van der Waals surface area contributed by atoms with E-state index < -0.39 is 60.9 Å². The molecule has 0 spiro atoms. The third kappa shape index (κ3) is 15.6. The first-order chi connectivity index (χ1) is 19.3. The van der Waals surface area contributed by atoms with Gasteiger partial charge in [0, 0.05) is 12.8 Å². The van der Waals surface area contributed by atoms with Gasteiger partial charge in [0.25, 0.3) is 0 Å². The second-order valence-corrected chi connectivity index (χ2v) is 9.69. The van der Waals surface area contributed by atoms with Gasteiger partial charge >= 0.3 is 24.3 Å². The third-order valence-corrected chi connectivity index (χ3v) is 4.90. The maximum Gasteiger partial charge on any atom is 0.449 e. The Kier molecular flexibility index (Phi) is 13.5. The van der Waals surface area contributed by atoms with Gasteiger partial charge in [0.05, 0.1) is 0 Å². The number of carboxylic acids is 1. The fourth-order valence-corrected chi connectivity index (χ4v) is 2.96. The Labute approximate surface area is 237 Å². The molecule has 0 atom stereocenters. The summed E-state index contributed by atoms with van der Waals surface area (Å²) in [5.41, 5.74) is 0.516. The van der Waals surface area contributed by atoms with E-state index in [1.165, 1.54) is 36.4 Å². The van der Waals surface area contributed by atoms with Crippen LogP contribution in [-0.4, -0.2) is 59.8 Å². The normalized spacial score (nSPS) is 11.5. The molecule has 0 aliphatic carbocycles. The number of aliphatic carboxylic acids is 1. The zero-order valence-electron chi connectivity index (χ0n) is 22.9. The van der Waals surface area contributed by atoms with Gasteiger partial charge in [-0.15, -0.1) is 0 Å². The number of aryl methyl sites for hydroxylation is 2. The van der Waals surface area contributed by atoms with Gasteiger partial charge in [-0.05, 0) is 69.0 Å². The summed E-state index contributed by atoms with van der Waals surface area (Å²) in [4.78, 5) is 43.2. The number of hydrogen-bond donors (Lipinski definition) is 1. The van der Waals surface area contributed by atoms with E-state index in [0.717, 1.165) is 0 Å². The SMILES string of the molecule is CC(C)(C)OC(=O)COc1ccc(CCC(=O)C(F)(F)F)cc1.O=C(O)COc1ccc(CCC(=O)C(F)(F)F)cc1. The molecule has 0 amide bonds. The fraction of sp³-hybridized carbons (Fsp3) is 0.429. The van der Waals surface area contributed by atoms with Crippen LogP contribution in [0.15, 0.2) is 48.5 Å². The summed E-state index contributed by atoms with van der Waals surface area (Å²) in [5, 5.41) is 8.38. The van der Waals surface area contributed by atoms with Crippen LogP contribution >= 0.6 is 0 Å². The maximum absolute atomic E-state index is 12.1. The standard InChI is InChI=1S/C16H19F3O4.C12H11F3O4/c1-15(2,3)23-14(21)10-22-12-7-4-11(5-8-12)6-9-13(20)16(17,18)19;13-12(14,15)10(16)6-3-8-1-4-9(5-2-8)19-7-11(17)18/h4-5,7-8H,6,9-10H2,1-3H3;1-2,4-5H,3,6-7H2,(H,17,18). The zero-order valence-corrected chi connectivity index (χ0v) is 22.9. The van der Waals surface area contributed by atoms with Crippen LogP contribution in [0.25, 0.3) is 0 Å². The molecule has 2 rings (SSSR count). The Morgan fingerprint density at radius 3 is 1.31 bits per heavy atom. The van der Waals surface area contributed by atoms with Gasteiger partial charge in [-0.2, -0.15) is 26.3 Å². The highest BCUT2D eigenvalue weighted by molar-refractivity contribution is 5.84. The lowest BCUT2D eigenvalue weighted by Gasteiger charge is -2.19. The summed E-state index contributed by atoms with van der Waals surface area (Å²) in [6.45, 7) is 4.46. The quantitative estimate of drug-likeness (QED) is 0.242. The van der Waals surface area contributed by atoms with Gasteiger partial charge in [0.15, 0.2) is 13.2 Å². The Morgan fingerprint density at radius 2 is 1.00 bits per heavy atom. The minimum absolute atomic E-state index is 0.00924. The molecule has 42 heavy (non-hydrogen) atoms. The molecular formula is C28H30F6O8. The molecule has 0 bridgehead atoms. The molecule has 0 saturated carbocycles. The van der Waals surface area contributed by atoms with Gasteiger partial charge < -0.3 is 19.3 Å². The van der Waals surface area contributed by atoms with Crippen LogP contribution in [0.3, 0.4) is 0 Å². The van der Waals surface area contributed by atoms with Gasteiger partial charge in [0.2, 0.25) is 11.6 Å². The first-order valence-electron chi connectivity index (χ1n) is 12.3. The molecule has 0 aliphatic rings. The summed E-state index contributed by atoms with van der Waals surface area (Å²) in [6, 6.07) is 12.0. The van der Waals surface area contributed by atoms with E-state index in [4.69, 9.17) is 19.3 Å². The monoisotopic (exact) mass is 608 g/mol. The molecule has 1 N–H and O–H groups in total. The largest absolute Gasteiger partial charge is 0.482 e. The van der Waals surface area contributed by atoms with Gasteiger partial charge in [0.1, 0.15) is 17.1 Å². The first kappa shape index (κ1) is 35.9. The van der Waals surface area contributed by atoms with E-state index in [2.05, 4.69) is 0 Å². The van der Waals surface area contributed by atoms with Gasteiger partial charge in [-0.25, -0.2) is 9.59 Å². The van der Waals surface area contributed by atoms with E-state index >= 15 is 0 Å². The summed E-state index contributed by atoms with van der Waals surface area (Å²) >= 11 is 0. The summed E-state index contributed by atoms with van der Waals surface area (Å²) < 4.78 is 87.3. The molecule has 0 aliphatic heterocycles. The van der Waals surface area contributed by atoms with Crippen molar-refractivity contribution in [2.45, 2.75) is 64.4 Å². The van der Waals surface area contributed by atoms with E-state index in [9.17, 15) is 45.5 Å². The fourth-order valence-electron chi connectivity index (χ4n) is 2.96. The lowest BCUT2D eigenvalue weighted by molar-refractivity contribution is -0.171. The van der Waals surface area contributed by atoms with Crippen molar-refractivity contribution in [3.8, 4) is 11.5 Å². The average molecular weight is 609 g/mol. The summed E-state index contributed by atoms with van der Waals surface area (Å²) in [7, 11) is 0. The number of benzene rings is 2. The number of alkyl halides is 6. The molecule has 0 radical (unpaired) electrons. The Hall–Kier alpha value is -4.10. The number of carbonyl (C=O) groups is 4. The lowest BCUT2D eigenvalue weighted by Crippen LogP contribution is -2.27. The highest BCUT2D eigenvalue weighted by atomic mass is 19.4. The van der Waals surface area contributed by atoms with Crippen LogP contribution in [0.4, 0.5) is 26.3 Å². The number of ketones is 2. The molecule has 2 aromatic carbocycles. The molecule has 8 nitrogen and oxygen atoms in total. The molecule has 0 saturated heterocycles. The number of Topliss-reactive ketones (excluding diaryl/α,β-unsaturated/α-hetero) is 2. The van der Waals surface area contributed by atoms with E-state index in [1.54, 1.807) is 32.9 Å². The Morgan fingerprint density at radius 1 is 0.643 bits per heavy atom. The maximum atomic E-state index is 12.1. The Balaban J connectivity index is 0.000000428. The molecule has 0 unspecified atom stereocenters. The third-order valence-electron chi connectivity index (χ3n) is 4.90. The van der Waals surface area contributed by atoms with Crippen molar-refractivity contribution in [3.05, 3.63) is 59.7 Å². The van der Waals surface area contributed by atoms with Gasteiger partial charge in [-0.1, -0.05) is 24.3 Å². The van der Waals surface area contributed by atoms with Crippen molar-refractivity contribution >= 4 is 23.5 Å². The minimum Gasteiger partial charge on any atom is -0.482 e. The molecule has 2 aromatic rings. The van der Waals surface area contributed by atoms with Crippen LogP contribution in [0.2, 0.25) is 0 Å². The summed E-state index contributed by atoms with van der Waals surface area (Å²) in [6.07, 6.45) is -10.8. The van der Waals surface area contributed by atoms with Gasteiger partial charge in [-0.3, -0.25) is 9.59 Å². The van der Waals surface area contributed by atoms with Crippen molar-refractivity contribution < 1.29 is 64.8 Å². The second kappa shape index (κ2) is 15.8. The van der Waals surface area contributed by atoms with Crippen molar-refractivity contribution in [2.24, 2.45) is 0 Å². The predicted molar refractivity (Wildman–Crippen MR) is 136 cm³/mol. The van der Waals surface area contributed by atoms with Crippen LogP contribution in [0, 0.1) is 0 Å². The molecular weight excluding hydrogens is 578 g/mol. The minimum atomic E-state index is -4.80. The molecule has 14 heteroatoms. The van der Waals surface area contributed by atoms with E-state index in [1.807, 2.05) is 0 Å². The number of ether oxygens (including phenoxy) is 3. The number of carbonyl (C=O) groups excluding carboxylic acids is 3. The van der Waals surface area contributed by atoms with Crippen molar-refractivity contribution in [3.63, 3.8) is 0 Å². The number of halogens is 6. The predicted octanol–water partition coefficient (Wildman–Crippen LogP) is 5.69. The zero-order chi connectivity index (χ0) is 32.1. The Bertz CT molecular complexity index is 1180. The topological polar surface area (TPSA) is 116 Å². The van der Waals surface area contributed by atoms with Crippen LogP contribution < -0.4 is 9.47 Å². The van der Waals surface area contributed by atoms with Crippen molar-refractivity contribution in [2.75, 3.05) is 13.2 Å². The summed E-state index contributed by atoms with van der Waals surface area (Å²) in [5.74, 6) is -4.46. The lowest BCUT2D eigenvalue weighted by atomic mass is 10.1. The first-order valence-corrected chi connectivity index (χ1v) is 12.3. The van der Waals surface area contributed by atoms with Crippen LogP contribution in [-0.2, 0) is 36.8 Å². The number of carboxylic acid groups (broad SMARTS) is 1. The number of hydrogen-bond acceptors (Lipinski definition) is 7. The molecule has 0 heterocycles. The number of esters is 1. The molecule has 0 fully saturated rings. The van der Waals surface area contributed by atoms with Crippen LogP contribution in [0.1, 0.15) is 44.7 Å². The van der Waals surface area contributed by atoms with Crippen LogP contribution in [0.5, 0.6) is 11.5 Å². The average Bonchev–Trinajstić information content (AvgIpc) is 2.87. The smallest absolute Gasteiger partial charge is 0.449 e. The highest BCUT2D eigenvalue weighted by Crippen LogP contribution is 2.21. The highest BCUT2D eigenvalue weighted by Gasteiger charge is 2.37. The van der Waals surface area contributed by atoms with Crippen molar-refractivity contribution in [1.29, 1.82) is 0 Å². The van der Waals surface area contributed by atoms with Crippen molar-refractivity contribution in [1.82, 2.24) is 0 Å². The van der Waals surface area contributed by atoms with E-state index in [-0.39, 0.29) is 19.4 Å². The number of rotatable bonds is 12. The van der Waals surface area contributed by atoms with E-state index in [0.29, 0.717) is 22.6 Å². The molecule has 0 aromatic heterocycles. The molecule has 232 valence electrons. The second-order valence-electron chi connectivity index (χ2n) is 9.69.